The van der Waals surface area contributed by atoms with E-state index in [1.807, 2.05) is 0 Å². The van der Waals surface area contributed by atoms with Gasteiger partial charge in [-0.25, -0.2) is 4.79 Å². The van der Waals surface area contributed by atoms with Crippen molar-refractivity contribution in [2.24, 2.45) is 5.92 Å². The van der Waals surface area contributed by atoms with Gasteiger partial charge in [0.25, 0.3) is 5.91 Å². The maximum Gasteiger partial charge on any atom is 0.408 e. The maximum atomic E-state index is 13.1. The third-order valence-corrected chi connectivity index (χ3v) is 4.49. The highest BCUT2D eigenvalue weighted by Gasteiger charge is 2.61. The molecule has 7 heteroatoms. The Morgan fingerprint density at radius 3 is 2.80 bits per heavy atom. The quantitative estimate of drug-likeness (QED) is 0.844. The van der Waals surface area contributed by atoms with Crippen molar-refractivity contribution >= 4 is 34.5 Å². The van der Waals surface area contributed by atoms with Crippen LogP contribution in [0.4, 0.5) is 4.79 Å². The number of amides is 1. The van der Waals surface area contributed by atoms with Crippen LogP contribution in [0.25, 0.3) is 10.9 Å². The summed E-state index contributed by atoms with van der Waals surface area (Å²) in [4.78, 5) is 25.3. The summed E-state index contributed by atoms with van der Waals surface area (Å²) in [5, 5.41) is 8.08. The summed E-state index contributed by atoms with van der Waals surface area (Å²) in [6, 6.07) is 5.25. The van der Waals surface area contributed by atoms with Crippen molar-refractivity contribution in [2.75, 3.05) is 0 Å². The molecule has 1 heterocycles. The van der Waals surface area contributed by atoms with Gasteiger partial charge in [-0.05, 0) is 39.3 Å². The molecule has 1 aliphatic carbocycles. The first-order valence-electron chi connectivity index (χ1n) is 7.99. The van der Waals surface area contributed by atoms with Gasteiger partial charge >= 0.3 is 6.09 Å². The van der Waals surface area contributed by atoms with Crippen LogP contribution < -0.4 is 5.32 Å². The van der Waals surface area contributed by atoms with Gasteiger partial charge in [-0.15, -0.1) is 6.58 Å². The zero-order valence-electron chi connectivity index (χ0n) is 14.4. The van der Waals surface area contributed by atoms with Crippen LogP contribution in [0.2, 0.25) is 5.02 Å². The Labute approximate surface area is 150 Å². The van der Waals surface area contributed by atoms with Crippen molar-refractivity contribution in [1.82, 2.24) is 15.1 Å². The number of fused-ring (bicyclic) bond motifs is 1. The standard InChI is InChI=1S/C18H20ClN3O3/c1-5-11-9-18(11,21-16(24)25-17(2,3)4)15(23)22-14-8-6-7-13(19)12(14)10-20-22/h5-8,10-11H,1,9H2,2-4H3,(H,21,24)/t11-,18?/m0/s1. The number of ether oxygens (including phenoxy) is 1. The van der Waals surface area contributed by atoms with Crippen LogP contribution in [0.15, 0.2) is 37.1 Å². The first-order chi connectivity index (χ1) is 11.7. The number of carbonyl (C=O) groups is 2. The minimum Gasteiger partial charge on any atom is -0.444 e. The fourth-order valence-electron chi connectivity index (χ4n) is 2.87. The van der Waals surface area contributed by atoms with E-state index in [1.165, 1.54) is 4.68 Å². The lowest BCUT2D eigenvalue weighted by Gasteiger charge is -2.23. The van der Waals surface area contributed by atoms with Crippen LogP contribution in [0, 0.1) is 5.92 Å². The van der Waals surface area contributed by atoms with E-state index in [9.17, 15) is 9.59 Å². The molecule has 2 aromatic rings. The third-order valence-electron chi connectivity index (χ3n) is 4.16. The lowest BCUT2D eigenvalue weighted by molar-refractivity contribution is 0.0465. The maximum absolute atomic E-state index is 13.1. The summed E-state index contributed by atoms with van der Waals surface area (Å²) in [7, 11) is 0. The van der Waals surface area contributed by atoms with Crippen LogP contribution in [-0.2, 0) is 4.74 Å². The normalized spacial score (nSPS) is 22.5. The molecule has 6 nitrogen and oxygen atoms in total. The lowest BCUT2D eigenvalue weighted by atomic mass is 10.1. The van der Waals surface area contributed by atoms with E-state index >= 15 is 0 Å². The van der Waals surface area contributed by atoms with E-state index in [2.05, 4.69) is 17.0 Å². The van der Waals surface area contributed by atoms with Crippen molar-refractivity contribution in [3.05, 3.63) is 42.1 Å². The van der Waals surface area contributed by atoms with Gasteiger partial charge in [-0.3, -0.25) is 4.79 Å². The summed E-state index contributed by atoms with van der Waals surface area (Å²) >= 11 is 6.15. The largest absolute Gasteiger partial charge is 0.444 e. The SMILES string of the molecule is C=C[C@H]1CC1(NC(=O)OC(C)(C)C)C(=O)n1ncc2c(Cl)cccc21. The molecule has 1 saturated carbocycles. The van der Waals surface area contributed by atoms with Gasteiger partial charge in [0, 0.05) is 11.3 Å². The molecular formula is C18H20ClN3O3. The summed E-state index contributed by atoms with van der Waals surface area (Å²) in [5.74, 6) is -0.508. The molecule has 1 aromatic heterocycles. The van der Waals surface area contributed by atoms with Gasteiger partial charge < -0.3 is 10.1 Å². The smallest absolute Gasteiger partial charge is 0.408 e. The Balaban J connectivity index is 1.93. The number of alkyl carbamates (subject to hydrolysis) is 1. The predicted molar refractivity (Wildman–Crippen MR) is 95.8 cm³/mol. The van der Waals surface area contributed by atoms with Crippen LogP contribution >= 0.6 is 11.6 Å². The number of benzene rings is 1. The number of hydrogen-bond donors (Lipinski definition) is 1. The number of halogens is 1. The van der Waals surface area contributed by atoms with E-state index in [0.29, 0.717) is 22.3 Å². The molecule has 1 unspecified atom stereocenters. The molecule has 1 aromatic carbocycles. The highest BCUT2D eigenvalue weighted by molar-refractivity contribution is 6.35. The molecule has 0 bridgehead atoms. The predicted octanol–water partition coefficient (Wildman–Crippen LogP) is 3.80. The lowest BCUT2D eigenvalue weighted by Crippen LogP contribution is -2.49. The van der Waals surface area contributed by atoms with Crippen molar-refractivity contribution in [3.63, 3.8) is 0 Å². The van der Waals surface area contributed by atoms with E-state index < -0.39 is 17.2 Å². The molecule has 2 atom stereocenters. The van der Waals surface area contributed by atoms with Gasteiger partial charge in [0.05, 0.1) is 16.7 Å². The summed E-state index contributed by atoms with van der Waals surface area (Å²) in [5.41, 5.74) is -1.15. The Kier molecular flexibility index (Phi) is 4.11. The first kappa shape index (κ1) is 17.5. The Hall–Kier alpha value is -2.34. The van der Waals surface area contributed by atoms with E-state index in [-0.39, 0.29) is 11.8 Å². The van der Waals surface area contributed by atoms with E-state index in [4.69, 9.17) is 16.3 Å². The van der Waals surface area contributed by atoms with Gasteiger partial charge in [-0.1, -0.05) is 23.7 Å². The Morgan fingerprint density at radius 1 is 1.48 bits per heavy atom. The van der Waals surface area contributed by atoms with Gasteiger partial charge in [0.15, 0.2) is 0 Å². The minimum absolute atomic E-state index is 0.175. The highest BCUT2D eigenvalue weighted by atomic mass is 35.5. The molecule has 132 valence electrons. The molecule has 0 aliphatic heterocycles. The van der Waals surface area contributed by atoms with Crippen LogP contribution in [-0.4, -0.2) is 32.9 Å². The number of nitrogens with zero attached hydrogens (tertiary/aromatic N) is 2. The van der Waals surface area contributed by atoms with Crippen LogP contribution in [0.3, 0.4) is 0 Å². The van der Waals surface area contributed by atoms with Crippen molar-refractivity contribution in [3.8, 4) is 0 Å². The number of carbonyl (C=O) groups excluding carboxylic acids is 2. The summed E-state index contributed by atoms with van der Waals surface area (Å²) < 4.78 is 6.57. The molecular weight excluding hydrogens is 342 g/mol. The summed E-state index contributed by atoms with van der Waals surface area (Å²) in [6.07, 6.45) is 3.02. The number of hydrogen-bond acceptors (Lipinski definition) is 4. The molecule has 3 rings (SSSR count). The molecule has 0 spiro atoms. The average Bonchev–Trinajstić information content (AvgIpc) is 3.03. The second-order valence-electron chi connectivity index (χ2n) is 7.18. The molecule has 1 N–H and O–H groups in total. The zero-order chi connectivity index (χ0) is 18.4. The molecule has 0 saturated heterocycles. The van der Waals surface area contributed by atoms with E-state index in [1.54, 1.807) is 51.2 Å². The van der Waals surface area contributed by atoms with Crippen LogP contribution in [0.1, 0.15) is 32.0 Å². The van der Waals surface area contributed by atoms with Gasteiger partial charge in [0.1, 0.15) is 11.1 Å². The number of aromatic nitrogens is 2. The monoisotopic (exact) mass is 361 g/mol. The second kappa shape index (κ2) is 5.88. The fourth-order valence-corrected chi connectivity index (χ4v) is 3.09. The molecule has 1 fully saturated rings. The average molecular weight is 362 g/mol. The molecule has 1 amide bonds. The third kappa shape index (κ3) is 3.14. The summed E-state index contributed by atoms with van der Waals surface area (Å²) in [6.45, 7) is 9.04. The first-order valence-corrected chi connectivity index (χ1v) is 8.36. The van der Waals surface area contributed by atoms with E-state index in [0.717, 1.165) is 0 Å². The van der Waals surface area contributed by atoms with Crippen molar-refractivity contribution in [2.45, 2.75) is 38.3 Å². The number of rotatable bonds is 3. The molecule has 0 radical (unpaired) electrons. The van der Waals surface area contributed by atoms with Crippen LogP contribution in [0.5, 0.6) is 0 Å². The molecule has 25 heavy (non-hydrogen) atoms. The molecule has 1 aliphatic rings. The fraction of sp³-hybridized carbons (Fsp3) is 0.389. The second-order valence-corrected chi connectivity index (χ2v) is 7.59. The minimum atomic E-state index is -1.09. The van der Waals surface area contributed by atoms with Crippen molar-refractivity contribution in [1.29, 1.82) is 0 Å². The highest BCUT2D eigenvalue weighted by Crippen LogP contribution is 2.46. The topological polar surface area (TPSA) is 73.2 Å². The number of nitrogens with one attached hydrogen (secondary N) is 1. The van der Waals surface area contributed by atoms with Gasteiger partial charge in [0.2, 0.25) is 0 Å². The Bertz CT molecular complexity index is 868. The van der Waals surface area contributed by atoms with Crippen molar-refractivity contribution < 1.29 is 14.3 Å². The van der Waals surface area contributed by atoms with Gasteiger partial charge in [-0.2, -0.15) is 9.78 Å². The zero-order valence-corrected chi connectivity index (χ0v) is 15.1. The Morgan fingerprint density at radius 2 is 2.20 bits per heavy atom.